The zero-order valence-electron chi connectivity index (χ0n) is 19.5. The molecule has 0 saturated carbocycles. The molecule has 0 radical (unpaired) electrons. The Kier molecular flexibility index (Phi) is 6.77. The van der Waals surface area contributed by atoms with E-state index in [1.54, 1.807) is 12.1 Å². The summed E-state index contributed by atoms with van der Waals surface area (Å²) in [5.74, 6) is 1.99. The molecule has 0 aliphatic carbocycles. The van der Waals surface area contributed by atoms with Crippen molar-refractivity contribution in [1.29, 1.82) is 0 Å². The smallest absolute Gasteiger partial charge is 0.229 e. The number of ether oxygens (including phenoxy) is 2. The van der Waals surface area contributed by atoms with Crippen LogP contribution in [0.4, 0.5) is 0 Å². The molecule has 0 fully saturated rings. The van der Waals surface area contributed by atoms with Crippen molar-refractivity contribution in [1.82, 2.24) is 0 Å². The molecule has 1 aromatic heterocycles. The Morgan fingerprint density at radius 1 is 1.03 bits per heavy atom. The summed E-state index contributed by atoms with van der Waals surface area (Å²) in [5, 5.41) is 0.775. The van der Waals surface area contributed by atoms with Crippen LogP contribution in [-0.4, -0.2) is 16.8 Å². The number of hydrogen-bond donors (Lipinski definition) is 0. The van der Waals surface area contributed by atoms with E-state index in [1.165, 1.54) is 0 Å². The Balaban J connectivity index is 1.64. The molecule has 3 aromatic carbocycles. The van der Waals surface area contributed by atoms with Gasteiger partial charge in [-0.3, -0.25) is 4.79 Å². The second-order valence-corrected chi connectivity index (χ2v) is 9.56. The maximum atomic E-state index is 13.8. The summed E-state index contributed by atoms with van der Waals surface area (Å²) in [5.41, 5.74) is 4.74. The van der Waals surface area contributed by atoms with Crippen LogP contribution in [0.1, 0.15) is 41.4 Å². The number of carbonyl (C=O) groups is 1. The summed E-state index contributed by atoms with van der Waals surface area (Å²) >= 11 is 2.36. The van der Waals surface area contributed by atoms with Gasteiger partial charge in [-0.2, -0.15) is 0 Å². The number of benzene rings is 3. The molecule has 1 aliphatic heterocycles. The van der Waals surface area contributed by atoms with E-state index in [2.05, 4.69) is 29.2 Å². The largest absolute Gasteiger partial charge is 0.494 e. The number of rotatable bonds is 8. The predicted octanol–water partition coefficient (Wildman–Crippen LogP) is 8.23. The first-order chi connectivity index (χ1) is 17.1. The van der Waals surface area contributed by atoms with Crippen LogP contribution in [0.5, 0.6) is 11.5 Å². The Labute approximate surface area is 218 Å². The van der Waals surface area contributed by atoms with Gasteiger partial charge in [0.05, 0.1) is 12.0 Å². The second-order valence-electron chi connectivity index (χ2n) is 8.48. The number of furan rings is 1. The van der Waals surface area contributed by atoms with E-state index in [-0.39, 0.29) is 11.5 Å². The number of alkyl halides is 1. The van der Waals surface area contributed by atoms with Crippen molar-refractivity contribution < 1.29 is 18.7 Å². The quantitative estimate of drug-likeness (QED) is 0.0918. The van der Waals surface area contributed by atoms with Crippen molar-refractivity contribution >= 4 is 44.9 Å². The number of carbonyl (C=O) groups excluding carboxylic acids is 1. The topological polar surface area (TPSA) is 48.7 Å². The molecular weight excluding hydrogens is 551 g/mol. The number of unbranched alkanes of at least 4 members (excludes halogenated alkanes) is 1. The minimum absolute atomic E-state index is 0.201. The molecule has 0 spiro atoms. The first-order valence-corrected chi connectivity index (χ1v) is 13.1. The summed E-state index contributed by atoms with van der Waals surface area (Å²) in [6.07, 6.45) is 3.99. The molecule has 0 atom stereocenters. The van der Waals surface area contributed by atoms with Crippen LogP contribution in [0.2, 0.25) is 0 Å². The van der Waals surface area contributed by atoms with E-state index < -0.39 is 0 Å². The lowest BCUT2D eigenvalue weighted by atomic mass is 9.94. The van der Waals surface area contributed by atoms with Crippen molar-refractivity contribution in [2.75, 3.05) is 11.0 Å². The number of halogens is 1. The fourth-order valence-corrected chi connectivity index (χ4v) is 4.88. The van der Waals surface area contributed by atoms with Gasteiger partial charge in [0.15, 0.2) is 5.76 Å². The highest BCUT2D eigenvalue weighted by Crippen LogP contribution is 2.46. The lowest BCUT2D eigenvalue weighted by Gasteiger charge is -2.18. The Morgan fingerprint density at radius 3 is 2.66 bits per heavy atom. The molecule has 5 rings (SSSR count). The van der Waals surface area contributed by atoms with Gasteiger partial charge in [-0.15, -0.1) is 0 Å². The van der Waals surface area contributed by atoms with Crippen molar-refractivity contribution in [3.05, 3.63) is 102 Å². The summed E-state index contributed by atoms with van der Waals surface area (Å²) < 4.78 is 19.3. The van der Waals surface area contributed by atoms with Crippen molar-refractivity contribution in [3.8, 4) is 22.6 Å². The van der Waals surface area contributed by atoms with Gasteiger partial charge in [0.2, 0.25) is 5.78 Å². The number of hydrogen-bond acceptors (Lipinski definition) is 4. The molecule has 4 nitrogen and oxygen atoms in total. The molecule has 0 amide bonds. The lowest BCUT2D eigenvalue weighted by Crippen LogP contribution is -2.04. The van der Waals surface area contributed by atoms with Gasteiger partial charge >= 0.3 is 0 Å². The molecule has 1 aliphatic rings. The maximum Gasteiger partial charge on any atom is 0.229 e. The highest BCUT2D eigenvalue weighted by molar-refractivity contribution is 14.1. The first-order valence-electron chi connectivity index (χ1n) is 11.6. The molecule has 0 unspecified atom stereocenters. The maximum absolute atomic E-state index is 13.8. The number of fused-ring (bicyclic) bond motifs is 3. The van der Waals surface area contributed by atoms with Crippen molar-refractivity contribution in [3.63, 3.8) is 0 Å². The highest BCUT2D eigenvalue weighted by Gasteiger charge is 2.28. The van der Waals surface area contributed by atoms with Gasteiger partial charge in [-0.1, -0.05) is 71.6 Å². The molecule has 0 saturated heterocycles. The van der Waals surface area contributed by atoms with Crippen LogP contribution in [0.25, 0.3) is 27.7 Å². The Hall–Kier alpha value is -3.32. The third kappa shape index (κ3) is 4.65. The van der Waals surface area contributed by atoms with Crippen LogP contribution < -0.4 is 9.47 Å². The molecular formula is C30H25IO4. The van der Waals surface area contributed by atoms with Crippen LogP contribution in [-0.2, 0) is 0 Å². The summed E-state index contributed by atoms with van der Waals surface area (Å²) in [4.78, 5) is 13.8. The minimum atomic E-state index is -0.201. The fourth-order valence-electron chi connectivity index (χ4n) is 4.34. The Bertz CT molecular complexity index is 1450. The zero-order valence-corrected chi connectivity index (χ0v) is 21.6. The van der Waals surface area contributed by atoms with E-state index in [9.17, 15) is 4.79 Å². The van der Waals surface area contributed by atoms with E-state index in [0.29, 0.717) is 35.0 Å². The minimum Gasteiger partial charge on any atom is -0.494 e. The second kappa shape index (κ2) is 10.1. The van der Waals surface area contributed by atoms with Gasteiger partial charge in [0, 0.05) is 16.7 Å². The number of allylic oxidation sites excluding steroid dienone is 2. The molecule has 176 valence electrons. The van der Waals surface area contributed by atoms with Crippen molar-refractivity contribution in [2.24, 2.45) is 0 Å². The van der Waals surface area contributed by atoms with Gasteiger partial charge in [-0.25, -0.2) is 0 Å². The molecule has 0 N–H and O–H groups in total. The van der Waals surface area contributed by atoms with E-state index in [4.69, 9.17) is 13.9 Å². The van der Waals surface area contributed by atoms with Crippen LogP contribution in [0.15, 0.2) is 89.6 Å². The van der Waals surface area contributed by atoms with E-state index in [0.717, 1.165) is 44.9 Å². The van der Waals surface area contributed by atoms with Gasteiger partial charge < -0.3 is 13.9 Å². The number of ketones is 1. The molecule has 4 aromatic rings. The predicted molar refractivity (Wildman–Crippen MR) is 149 cm³/mol. The summed E-state index contributed by atoms with van der Waals surface area (Å²) in [7, 11) is 0. The Morgan fingerprint density at radius 2 is 1.86 bits per heavy atom. The third-order valence-corrected chi connectivity index (χ3v) is 6.77. The normalized spacial score (nSPS) is 12.7. The van der Waals surface area contributed by atoms with Crippen LogP contribution >= 0.6 is 22.6 Å². The summed E-state index contributed by atoms with van der Waals surface area (Å²) in [6, 6.07) is 21.0. The molecule has 2 heterocycles. The van der Waals surface area contributed by atoms with Gasteiger partial charge in [0.1, 0.15) is 22.8 Å². The third-order valence-electron chi connectivity index (χ3n) is 6.01. The molecule has 0 bridgehead atoms. The average molecular weight is 576 g/mol. The molecule has 5 heteroatoms. The monoisotopic (exact) mass is 576 g/mol. The molecule has 35 heavy (non-hydrogen) atoms. The summed E-state index contributed by atoms with van der Waals surface area (Å²) in [6.45, 7) is 6.65. The van der Waals surface area contributed by atoms with Crippen LogP contribution in [0.3, 0.4) is 0 Å². The fraction of sp³-hybridized carbons (Fsp3) is 0.167. The van der Waals surface area contributed by atoms with E-state index in [1.807, 2.05) is 67.6 Å². The SMILES string of the molecule is C=C1C=C(C)c2ccc3oc(C(=O)c4cccc(OCCCCI)c4)c(-c4ccccc4)c3c2O1. The first kappa shape index (κ1) is 23.4. The zero-order chi connectivity index (χ0) is 24.4. The van der Waals surface area contributed by atoms with Gasteiger partial charge in [0.25, 0.3) is 0 Å². The lowest BCUT2D eigenvalue weighted by molar-refractivity contribution is 0.101. The van der Waals surface area contributed by atoms with E-state index >= 15 is 0 Å². The van der Waals surface area contributed by atoms with Crippen LogP contribution in [0, 0.1) is 0 Å². The van der Waals surface area contributed by atoms with Crippen molar-refractivity contribution in [2.45, 2.75) is 19.8 Å². The van der Waals surface area contributed by atoms with Gasteiger partial charge in [-0.05, 0) is 65.7 Å². The average Bonchev–Trinajstić information content (AvgIpc) is 3.27. The standard InChI is InChI=1S/C30H25IO4/c1-19-17-20(2)34-29-24(19)13-14-25-27(29)26(21-9-4-3-5-10-21)30(35-25)28(32)22-11-8-12-23(18-22)33-16-7-6-15-31/h3-5,8-14,17-18H,2,6-7,15-16H2,1H3. The highest BCUT2D eigenvalue weighted by atomic mass is 127.